The van der Waals surface area contributed by atoms with Crippen molar-refractivity contribution in [2.75, 3.05) is 6.61 Å². The number of carbonyl (C=O) groups is 2. The fraction of sp³-hybridized carbons (Fsp3) is 0.917. The summed E-state index contributed by atoms with van der Waals surface area (Å²) in [5.41, 5.74) is 0. The van der Waals surface area contributed by atoms with Crippen LogP contribution < -0.4 is 0 Å². The van der Waals surface area contributed by atoms with Crippen LogP contribution in [0.15, 0.2) is 0 Å². The lowest BCUT2D eigenvalue weighted by molar-refractivity contribution is -0.150. The molecule has 28 heavy (non-hydrogen) atoms. The lowest BCUT2D eigenvalue weighted by atomic mass is 9.95. The molecule has 0 aliphatic heterocycles. The van der Waals surface area contributed by atoms with E-state index < -0.39 is 0 Å². The van der Waals surface area contributed by atoms with Crippen molar-refractivity contribution in [2.45, 2.75) is 130 Å². The molecule has 0 rings (SSSR count). The molecule has 4 heteroatoms. The van der Waals surface area contributed by atoms with Crippen LogP contribution in [-0.2, 0) is 19.1 Å². The molecule has 0 aliphatic carbocycles. The highest BCUT2D eigenvalue weighted by Gasteiger charge is 2.15. The average molecular weight is 399 g/mol. The molecule has 1 atom stereocenters. The topological polar surface area (TPSA) is 52.6 Å². The van der Waals surface area contributed by atoms with Gasteiger partial charge in [-0.2, -0.15) is 0 Å². The Hall–Kier alpha value is -1.06. The third-order valence-corrected chi connectivity index (χ3v) is 5.58. The second-order valence-electron chi connectivity index (χ2n) is 7.98. The van der Waals surface area contributed by atoms with E-state index in [0.717, 1.165) is 38.0 Å². The Bertz CT molecular complexity index is 377. The smallest absolute Gasteiger partial charge is 0.306 e. The highest BCUT2D eigenvalue weighted by Crippen LogP contribution is 2.19. The van der Waals surface area contributed by atoms with Gasteiger partial charge in [-0.3, -0.25) is 9.59 Å². The van der Waals surface area contributed by atoms with Gasteiger partial charge in [0, 0.05) is 12.8 Å². The molecule has 0 spiro atoms. The molecule has 4 nitrogen and oxygen atoms in total. The first kappa shape index (κ1) is 26.9. The van der Waals surface area contributed by atoms with Crippen molar-refractivity contribution >= 4 is 11.9 Å². The van der Waals surface area contributed by atoms with Crippen molar-refractivity contribution in [1.82, 2.24) is 0 Å². The summed E-state index contributed by atoms with van der Waals surface area (Å²) in [5.74, 6) is 0.342. The van der Waals surface area contributed by atoms with Crippen molar-refractivity contribution in [2.24, 2.45) is 5.92 Å². The molecule has 166 valence electrons. The van der Waals surface area contributed by atoms with Crippen LogP contribution in [0.1, 0.15) is 124 Å². The van der Waals surface area contributed by atoms with Gasteiger partial charge in [-0.1, -0.05) is 79.1 Å². The van der Waals surface area contributed by atoms with E-state index in [4.69, 9.17) is 9.47 Å². The lowest BCUT2D eigenvalue weighted by Crippen LogP contribution is -2.19. The molecule has 1 unspecified atom stereocenters. The summed E-state index contributed by atoms with van der Waals surface area (Å²) in [6, 6.07) is 0. The van der Waals surface area contributed by atoms with Gasteiger partial charge >= 0.3 is 11.9 Å². The van der Waals surface area contributed by atoms with E-state index in [-0.39, 0.29) is 18.0 Å². The van der Waals surface area contributed by atoms with Crippen molar-refractivity contribution in [1.29, 1.82) is 0 Å². The van der Waals surface area contributed by atoms with Crippen molar-refractivity contribution in [3.05, 3.63) is 0 Å². The zero-order valence-electron chi connectivity index (χ0n) is 19.1. The summed E-state index contributed by atoms with van der Waals surface area (Å²) in [4.78, 5) is 23.8. The van der Waals surface area contributed by atoms with Gasteiger partial charge in [0.05, 0.1) is 6.61 Å². The number of hydrogen-bond donors (Lipinski definition) is 0. The van der Waals surface area contributed by atoms with Crippen LogP contribution in [0, 0.1) is 5.92 Å². The molecule has 0 bridgehead atoms. The molecule has 0 radical (unpaired) electrons. The third kappa shape index (κ3) is 15.9. The zero-order valence-corrected chi connectivity index (χ0v) is 19.1. The summed E-state index contributed by atoms with van der Waals surface area (Å²) >= 11 is 0. The quantitative estimate of drug-likeness (QED) is 0.174. The number of carbonyl (C=O) groups excluding carboxylic acids is 2. The molecule has 0 saturated carbocycles. The number of ether oxygens (including phenoxy) is 2. The molecule has 0 saturated heterocycles. The van der Waals surface area contributed by atoms with E-state index >= 15 is 0 Å². The minimum absolute atomic E-state index is 0.0115. The van der Waals surface area contributed by atoms with Crippen LogP contribution in [0.25, 0.3) is 0 Å². The van der Waals surface area contributed by atoms with Gasteiger partial charge in [0.15, 0.2) is 0 Å². The highest BCUT2D eigenvalue weighted by atomic mass is 16.5. The van der Waals surface area contributed by atoms with E-state index in [1.807, 2.05) is 0 Å². The van der Waals surface area contributed by atoms with Gasteiger partial charge in [0.1, 0.15) is 6.10 Å². The maximum Gasteiger partial charge on any atom is 0.306 e. The Labute approximate surface area is 174 Å². The Balaban J connectivity index is 3.70. The number of unbranched alkanes of at least 4 members (excludes halogenated alkanes) is 6. The molecule has 0 fully saturated rings. The molecule has 0 aromatic carbocycles. The largest absolute Gasteiger partial charge is 0.466 e. The Morgan fingerprint density at radius 3 is 1.89 bits per heavy atom. The van der Waals surface area contributed by atoms with Crippen molar-refractivity contribution in [3.8, 4) is 0 Å². The molecule has 0 aromatic heterocycles. The predicted molar refractivity (Wildman–Crippen MR) is 116 cm³/mol. The monoisotopic (exact) mass is 398 g/mol. The van der Waals surface area contributed by atoms with Gasteiger partial charge in [-0.15, -0.1) is 0 Å². The van der Waals surface area contributed by atoms with Gasteiger partial charge in [-0.25, -0.2) is 0 Å². The molecule has 0 heterocycles. The van der Waals surface area contributed by atoms with E-state index in [0.29, 0.717) is 25.9 Å². The first-order valence-corrected chi connectivity index (χ1v) is 11.9. The molecular weight excluding hydrogens is 352 g/mol. The van der Waals surface area contributed by atoms with Crippen LogP contribution in [0.4, 0.5) is 0 Å². The van der Waals surface area contributed by atoms with Crippen LogP contribution >= 0.6 is 0 Å². The third-order valence-electron chi connectivity index (χ3n) is 5.58. The minimum Gasteiger partial charge on any atom is -0.466 e. The number of hydrogen-bond acceptors (Lipinski definition) is 4. The van der Waals surface area contributed by atoms with Gasteiger partial charge in [0.25, 0.3) is 0 Å². The lowest BCUT2D eigenvalue weighted by Gasteiger charge is -2.19. The molecule has 0 aliphatic rings. The maximum atomic E-state index is 12.0. The second kappa shape index (κ2) is 19.3. The maximum absolute atomic E-state index is 12.0. The van der Waals surface area contributed by atoms with Crippen molar-refractivity contribution in [3.63, 3.8) is 0 Å². The normalized spacial score (nSPS) is 12.2. The van der Waals surface area contributed by atoms with E-state index in [2.05, 4.69) is 27.7 Å². The standard InChI is InChI=1S/C24H46O4/c1-5-9-10-11-12-13-14-20-27-23(25)16-15-17-24(26)28-22(8-4)19-18-21(6-2)7-3/h21-22H,5-20H2,1-4H3. The predicted octanol–water partition coefficient (Wildman–Crippen LogP) is 6.99. The molecule has 0 N–H and O–H groups in total. The molecule has 0 aromatic rings. The first-order valence-electron chi connectivity index (χ1n) is 11.9. The summed E-state index contributed by atoms with van der Waals surface area (Å²) in [7, 11) is 0. The minimum atomic E-state index is -0.195. The SMILES string of the molecule is CCCCCCCCCOC(=O)CCCC(=O)OC(CC)CCC(CC)CC. The fourth-order valence-corrected chi connectivity index (χ4v) is 3.40. The van der Waals surface area contributed by atoms with Crippen LogP contribution in [0.5, 0.6) is 0 Å². The summed E-state index contributed by atoms with van der Waals surface area (Å²) in [6.07, 6.45) is 14.8. The summed E-state index contributed by atoms with van der Waals surface area (Å²) in [6.45, 7) is 9.22. The fourth-order valence-electron chi connectivity index (χ4n) is 3.40. The molecule has 0 amide bonds. The Morgan fingerprint density at radius 2 is 1.29 bits per heavy atom. The highest BCUT2D eigenvalue weighted by molar-refractivity contribution is 5.72. The molecular formula is C24H46O4. The van der Waals surface area contributed by atoms with Crippen LogP contribution in [0.3, 0.4) is 0 Å². The van der Waals surface area contributed by atoms with E-state index in [1.54, 1.807) is 0 Å². The Morgan fingerprint density at radius 1 is 0.679 bits per heavy atom. The van der Waals surface area contributed by atoms with Gasteiger partial charge in [-0.05, 0) is 38.0 Å². The van der Waals surface area contributed by atoms with Crippen LogP contribution in [-0.4, -0.2) is 24.6 Å². The number of rotatable bonds is 19. The van der Waals surface area contributed by atoms with Gasteiger partial charge < -0.3 is 9.47 Å². The van der Waals surface area contributed by atoms with Crippen LogP contribution in [0.2, 0.25) is 0 Å². The van der Waals surface area contributed by atoms with Gasteiger partial charge in [0.2, 0.25) is 0 Å². The average Bonchev–Trinajstić information content (AvgIpc) is 2.69. The van der Waals surface area contributed by atoms with Crippen molar-refractivity contribution < 1.29 is 19.1 Å². The van der Waals surface area contributed by atoms with E-state index in [9.17, 15) is 9.59 Å². The first-order chi connectivity index (χ1) is 13.6. The zero-order chi connectivity index (χ0) is 21.0. The number of esters is 2. The summed E-state index contributed by atoms with van der Waals surface area (Å²) < 4.78 is 10.8. The van der Waals surface area contributed by atoms with E-state index in [1.165, 1.54) is 44.9 Å². The summed E-state index contributed by atoms with van der Waals surface area (Å²) in [5, 5.41) is 0. The second-order valence-corrected chi connectivity index (χ2v) is 7.98. The Kier molecular flexibility index (Phi) is 18.5.